The van der Waals surface area contributed by atoms with E-state index in [0.29, 0.717) is 4.34 Å². The minimum absolute atomic E-state index is 0.0985. The fourth-order valence-corrected chi connectivity index (χ4v) is 3.87. The van der Waals surface area contributed by atoms with Crippen molar-refractivity contribution in [3.8, 4) is 11.5 Å². The zero-order valence-electron chi connectivity index (χ0n) is 11.7. The minimum Gasteiger partial charge on any atom is -0.508 e. The normalized spacial score (nSPS) is 10.6. The molecule has 0 radical (unpaired) electrons. The van der Waals surface area contributed by atoms with Gasteiger partial charge in [0.1, 0.15) is 11.5 Å². The predicted molar refractivity (Wildman–Crippen MR) is 84.6 cm³/mol. The summed E-state index contributed by atoms with van der Waals surface area (Å²) in [6, 6.07) is 3.84. The maximum atomic E-state index is 12.1. The summed E-state index contributed by atoms with van der Waals surface area (Å²) in [7, 11) is 0. The van der Waals surface area contributed by atoms with Crippen molar-refractivity contribution in [1.82, 2.24) is 4.98 Å². The van der Waals surface area contributed by atoms with Crippen LogP contribution in [0.25, 0.3) is 0 Å². The van der Waals surface area contributed by atoms with Crippen LogP contribution in [0.1, 0.15) is 20.9 Å². The summed E-state index contributed by atoms with van der Waals surface area (Å²) in [4.78, 5) is 28.1. The topological polar surface area (TPSA) is 114 Å². The van der Waals surface area contributed by atoms with Gasteiger partial charge in [-0.3, -0.25) is 9.59 Å². The Morgan fingerprint density at radius 2 is 2.09 bits per heavy atom. The molecule has 0 saturated carbocycles. The zero-order chi connectivity index (χ0) is 16.3. The van der Waals surface area contributed by atoms with Crippen molar-refractivity contribution in [1.29, 1.82) is 0 Å². The molecule has 2 rings (SSSR count). The van der Waals surface area contributed by atoms with Crippen molar-refractivity contribution in [3.05, 3.63) is 34.3 Å². The average molecular weight is 338 g/mol. The first kappa shape index (κ1) is 16.3. The molecule has 0 atom stereocenters. The summed E-state index contributed by atoms with van der Waals surface area (Å²) in [5.74, 6) is -0.953. The van der Waals surface area contributed by atoms with Crippen LogP contribution in [0.2, 0.25) is 0 Å². The van der Waals surface area contributed by atoms with Gasteiger partial charge in [-0.1, -0.05) is 11.8 Å². The summed E-state index contributed by atoms with van der Waals surface area (Å²) in [5.41, 5.74) is 6.04. The molecule has 0 bridgehead atoms. The molecule has 6 nitrogen and oxygen atoms in total. The van der Waals surface area contributed by atoms with Gasteiger partial charge in [0.25, 0.3) is 0 Å². The van der Waals surface area contributed by atoms with Crippen LogP contribution in [0.4, 0.5) is 0 Å². The number of nitrogens with zero attached hydrogens (tertiary/aromatic N) is 1. The molecule has 0 aliphatic rings. The first-order chi connectivity index (χ1) is 10.4. The van der Waals surface area contributed by atoms with E-state index in [1.165, 1.54) is 35.2 Å². The van der Waals surface area contributed by atoms with Gasteiger partial charge >= 0.3 is 0 Å². The van der Waals surface area contributed by atoms with Gasteiger partial charge in [-0.25, -0.2) is 4.98 Å². The molecule has 116 valence electrons. The number of amides is 1. The van der Waals surface area contributed by atoms with E-state index in [4.69, 9.17) is 5.73 Å². The summed E-state index contributed by atoms with van der Waals surface area (Å²) in [6.45, 7) is 1.78. The lowest BCUT2D eigenvalue weighted by atomic mass is 10.1. The monoisotopic (exact) mass is 338 g/mol. The molecule has 0 aliphatic heterocycles. The van der Waals surface area contributed by atoms with Gasteiger partial charge in [-0.2, -0.15) is 0 Å². The third-order valence-electron chi connectivity index (χ3n) is 2.82. The number of ketones is 1. The second-order valence-corrected chi connectivity index (χ2v) is 6.85. The van der Waals surface area contributed by atoms with Gasteiger partial charge in [0, 0.05) is 10.9 Å². The second-order valence-electron chi connectivity index (χ2n) is 4.54. The van der Waals surface area contributed by atoms with Crippen LogP contribution in [0.3, 0.4) is 0 Å². The fourth-order valence-electron chi connectivity index (χ4n) is 1.75. The molecule has 0 saturated heterocycles. The highest BCUT2D eigenvalue weighted by atomic mass is 32.2. The molecule has 0 aliphatic carbocycles. The lowest BCUT2D eigenvalue weighted by molar-refractivity contribution is -0.117. The number of aromatic hydroxyl groups is 2. The Labute approximate surface area is 135 Å². The van der Waals surface area contributed by atoms with Gasteiger partial charge in [-0.05, 0) is 19.1 Å². The smallest absolute Gasteiger partial charge is 0.222 e. The number of nitrogens with two attached hydrogens (primary N) is 1. The van der Waals surface area contributed by atoms with E-state index in [-0.39, 0.29) is 35.0 Å². The van der Waals surface area contributed by atoms with Crippen LogP contribution < -0.4 is 5.73 Å². The number of hydrogen-bond acceptors (Lipinski definition) is 7. The maximum absolute atomic E-state index is 12.1. The molecule has 4 N–H and O–H groups in total. The third-order valence-corrected chi connectivity index (χ3v) is 5.12. The number of primary amides is 1. The minimum atomic E-state index is -0.423. The number of hydrogen-bond donors (Lipinski definition) is 3. The number of benzene rings is 1. The molecule has 22 heavy (non-hydrogen) atoms. The van der Waals surface area contributed by atoms with E-state index in [2.05, 4.69) is 4.98 Å². The summed E-state index contributed by atoms with van der Waals surface area (Å²) in [6.07, 6.45) is 0.136. The van der Waals surface area contributed by atoms with E-state index in [1.807, 2.05) is 0 Å². The number of thiazole rings is 1. The van der Waals surface area contributed by atoms with Gasteiger partial charge in [-0.15, -0.1) is 11.3 Å². The number of carbonyl (C=O) groups is 2. The Bertz CT molecular complexity index is 728. The van der Waals surface area contributed by atoms with Gasteiger partial charge in [0.15, 0.2) is 10.1 Å². The first-order valence-corrected chi connectivity index (χ1v) is 8.09. The van der Waals surface area contributed by atoms with Gasteiger partial charge in [0.05, 0.1) is 23.4 Å². The largest absolute Gasteiger partial charge is 0.508 e. The van der Waals surface area contributed by atoms with E-state index in [9.17, 15) is 19.8 Å². The van der Waals surface area contributed by atoms with Crippen molar-refractivity contribution >= 4 is 34.8 Å². The average Bonchev–Trinajstić information content (AvgIpc) is 2.76. The van der Waals surface area contributed by atoms with Crippen LogP contribution >= 0.6 is 23.1 Å². The molecule has 8 heteroatoms. The number of phenols is 2. The van der Waals surface area contributed by atoms with E-state index in [1.54, 1.807) is 6.92 Å². The lowest BCUT2D eigenvalue weighted by Crippen LogP contribution is -2.13. The SMILES string of the molecule is Cc1nc(SCC(=O)c2ccc(O)cc2O)sc1CC(N)=O. The van der Waals surface area contributed by atoms with Crippen LogP contribution in [-0.4, -0.2) is 32.6 Å². The van der Waals surface area contributed by atoms with Crippen LogP contribution in [0.15, 0.2) is 22.5 Å². The molecule has 1 aromatic heterocycles. The Hall–Kier alpha value is -2.06. The second kappa shape index (κ2) is 6.80. The number of phenolic OH excluding ortho intramolecular Hbond substituents is 2. The molecule has 1 aromatic carbocycles. The van der Waals surface area contributed by atoms with Crippen molar-refractivity contribution in [2.45, 2.75) is 17.7 Å². The molecule has 0 fully saturated rings. The van der Waals surface area contributed by atoms with E-state index < -0.39 is 5.91 Å². The molecule has 1 amide bonds. The number of aromatic nitrogens is 1. The van der Waals surface area contributed by atoms with Crippen LogP contribution in [0, 0.1) is 6.92 Å². The van der Waals surface area contributed by atoms with Crippen LogP contribution in [0.5, 0.6) is 11.5 Å². The highest BCUT2D eigenvalue weighted by Gasteiger charge is 2.15. The van der Waals surface area contributed by atoms with Gasteiger partial charge in [0.2, 0.25) is 5.91 Å². The lowest BCUT2D eigenvalue weighted by Gasteiger charge is -2.03. The highest BCUT2D eigenvalue weighted by molar-refractivity contribution is 8.01. The molecule has 0 spiro atoms. The molecule has 0 unspecified atom stereocenters. The van der Waals surface area contributed by atoms with E-state index >= 15 is 0 Å². The summed E-state index contributed by atoms with van der Waals surface area (Å²) < 4.78 is 0.667. The maximum Gasteiger partial charge on any atom is 0.222 e. The number of Topliss-reactive ketones (excluding diaryl/α,β-unsaturated/α-hetero) is 1. The Kier molecular flexibility index (Phi) is 5.04. The summed E-state index contributed by atoms with van der Waals surface area (Å²) >= 11 is 2.56. The quantitative estimate of drug-likeness (QED) is 0.547. The number of rotatable bonds is 6. The highest BCUT2D eigenvalue weighted by Crippen LogP contribution is 2.29. The van der Waals surface area contributed by atoms with Crippen molar-refractivity contribution in [3.63, 3.8) is 0 Å². The Balaban J connectivity index is 2.03. The molecule has 2 aromatic rings. The van der Waals surface area contributed by atoms with Crippen molar-refractivity contribution in [2.75, 3.05) is 5.75 Å². The predicted octanol–water partition coefficient (Wildman–Crippen LogP) is 1.87. The molecular formula is C14H14N2O4S2. The van der Waals surface area contributed by atoms with Gasteiger partial charge < -0.3 is 15.9 Å². The number of carbonyl (C=O) groups excluding carboxylic acids is 2. The third kappa shape index (κ3) is 3.99. The number of aryl methyl sites for hydroxylation is 1. The van der Waals surface area contributed by atoms with E-state index in [0.717, 1.165) is 16.6 Å². The Morgan fingerprint density at radius 1 is 1.36 bits per heavy atom. The molecule has 1 heterocycles. The Morgan fingerprint density at radius 3 is 2.73 bits per heavy atom. The first-order valence-electron chi connectivity index (χ1n) is 6.29. The summed E-state index contributed by atoms with van der Waals surface area (Å²) in [5, 5.41) is 18.9. The van der Waals surface area contributed by atoms with Crippen molar-refractivity contribution in [2.24, 2.45) is 5.73 Å². The van der Waals surface area contributed by atoms with Crippen LogP contribution in [-0.2, 0) is 11.2 Å². The molecular weight excluding hydrogens is 324 g/mol. The number of thioether (sulfide) groups is 1. The van der Waals surface area contributed by atoms with Crippen molar-refractivity contribution < 1.29 is 19.8 Å². The zero-order valence-corrected chi connectivity index (χ0v) is 13.3. The standard InChI is InChI=1S/C14H14N2O4S2/c1-7-12(5-13(15)20)22-14(16-7)21-6-11(19)9-3-2-8(17)4-10(9)18/h2-4,17-18H,5-6H2,1H3,(H2,15,20). The fraction of sp³-hybridized carbons (Fsp3) is 0.214.